The molecular weight excluding hydrogens is 370 g/mol. The van der Waals surface area contributed by atoms with Crippen molar-refractivity contribution in [2.75, 3.05) is 38.2 Å². The number of ether oxygens (including phenoxy) is 1. The van der Waals surface area contributed by atoms with Crippen LogP contribution in [0.4, 0.5) is 5.95 Å². The van der Waals surface area contributed by atoms with Crippen LogP contribution in [0.25, 0.3) is 22.4 Å². The third-order valence-corrected chi connectivity index (χ3v) is 5.21. The van der Waals surface area contributed by atoms with Gasteiger partial charge in [0.1, 0.15) is 17.0 Å². The molecule has 1 saturated heterocycles. The number of rotatable bonds is 6. The predicted molar refractivity (Wildman–Crippen MR) is 111 cm³/mol. The van der Waals surface area contributed by atoms with E-state index in [0.29, 0.717) is 24.1 Å². The zero-order valence-electron chi connectivity index (χ0n) is 16.4. The molecule has 4 N–H and O–H groups in total. The molecule has 0 bridgehead atoms. The van der Waals surface area contributed by atoms with Gasteiger partial charge >= 0.3 is 0 Å². The monoisotopic (exact) mass is 395 g/mol. The molecular formula is C20H25N7O2. The first-order valence-corrected chi connectivity index (χ1v) is 9.75. The van der Waals surface area contributed by atoms with Crippen molar-refractivity contribution < 1.29 is 9.53 Å². The predicted octanol–water partition coefficient (Wildman–Crippen LogP) is 1.32. The summed E-state index contributed by atoms with van der Waals surface area (Å²) in [6, 6.07) is 7.78. The van der Waals surface area contributed by atoms with E-state index in [2.05, 4.69) is 25.2 Å². The van der Waals surface area contributed by atoms with E-state index in [1.165, 1.54) is 0 Å². The van der Waals surface area contributed by atoms with Gasteiger partial charge in [-0.15, -0.1) is 0 Å². The highest BCUT2D eigenvalue weighted by atomic mass is 16.5. The normalized spacial score (nSPS) is 16.8. The lowest BCUT2D eigenvalue weighted by Crippen LogP contribution is -2.42. The van der Waals surface area contributed by atoms with E-state index in [9.17, 15) is 4.79 Å². The SMILES string of the molecule is COc1ccc(-c2nc(N3CCCC(CNC(=O)CN)C3)nc3nc[nH]c23)cc1. The number of aromatic nitrogens is 4. The van der Waals surface area contributed by atoms with E-state index >= 15 is 0 Å². The Bertz CT molecular complexity index is 986. The molecule has 1 fully saturated rings. The number of hydrogen-bond acceptors (Lipinski definition) is 7. The lowest BCUT2D eigenvalue weighted by Gasteiger charge is -2.33. The number of piperidine rings is 1. The first-order chi connectivity index (χ1) is 14.2. The molecule has 0 saturated carbocycles. The Balaban J connectivity index is 1.61. The quantitative estimate of drug-likeness (QED) is 0.575. The first kappa shape index (κ1) is 19.1. The van der Waals surface area contributed by atoms with E-state index < -0.39 is 0 Å². The number of aromatic amines is 1. The number of hydrogen-bond donors (Lipinski definition) is 3. The van der Waals surface area contributed by atoms with Crippen LogP contribution in [-0.2, 0) is 4.79 Å². The highest BCUT2D eigenvalue weighted by Crippen LogP contribution is 2.29. The molecule has 1 unspecified atom stereocenters. The van der Waals surface area contributed by atoms with Gasteiger partial charge in [-0.2, -0.15) is 4.98 Å². The molecule has 3 aromatic rings. The maximum absolute atomic E-state index is 11.5. The van der Waals surface area contributed by atoms with Crippen LogP contribution in [0.1, 0.15) is 12.8 Å². The molecule has 152 valence electrons. The number of amides is 1. The maximum Gasteiger partial charge on any atom is 0.233 e. The maximum atomic E-state index is 11.5. The highest BCUT2D eigenvalue weighted by Gasteiger charge is 2.24. The molecule has 1 aliphatic heterocycles. The summed E-state index contributed by atoms with van der Waals surface area (Å²) in [5.74, 6) is 1.66. The van der Waals surface area contributed by atoms with E-state index in [0.717, 1.165) is 48.5 Å². The number of anilines is 1. The molecule has 0 radical (unpaired) electrons. The number of nitrogens with zero attached hydrogens (tertiary/aromatic N) is 4. The molecule has 29 heavy (non-hydrogen) atoms. The minimum Gasteiger partial charge on any atom is -0.497 e. The molecule has 3 heterocycles. The fourth-order valence-corrected chi connectivity index (χ4v) is 3.66. The van der Waals surface area contributed by atoms with Crippen molar-refractivity contribution in [3.63, 3.8) is 0 Å². The molecule has 1 amide bonds. The molecule has 1 aliphatic rings. The van der Waals surface area contributed by atoms with E-state index in [-0.39, 0.29) is 12.5 Å². The largest absolute Gasteiger partial charge is 0.497 e. The Morgan fingerprint density at radius 2 is 2.17 bits per heavy atom. The van der Waals surface area contributed by atoms with Gasteiger partial charge in [0, 0.05) is 25.2 Å². The van der Waals surface area contributed by atoms with Crippen molar-refractivity contribution >= 4 is 23.0 Å². The van der Waals surface area contributed by atoms with Gasteiger partial charge in [0.05, 0.1) is 20.0 Å². The first-order valence-electron chi connectivity index (χ1n) is 9.75. The molecule has 2 aromatic heterocycles. The number of nitrogens with two attached hydrogens (primary N) is 1. The zero-order valence-corrected chi connectivity index (χ0v) is 16.4. The highest BCUT2D eigenvalue weighted by molar-refractivity contribution is 5.88. The number of fused-ring (bicyclic) bond motifs is 1. The molecule has 9 nitrogen and oxygen atoms in total. The average molecular weight is 395 g/mol. The van der Waals surface area contributed by atoms with Crippen molar-refractivity contribution in [3.05, 3.63) is 30.6 Å². The van der Waals surface area contributed by atoms with Crippen LogP contribution in [0.5, 0.6) is 5.75 Å². The number of carbonyl (C=O) groups excluding carboxylic acids is 1. The van der Waals surface area contributed by atoms with Gasteiger partial charge in [-0.25, -0.2) is 9.97 Å². The van der Waals surface area contributed by atoms with Crippen molar-refractivity contribution in [1.82, 2.24) is 25.3 Å². The summed E-state index contributed by atoms with van der Waals surface area (Å²) in [5, 5.41) is 2.89. The fraction of sp³-hybridized carbons (Fsp3) is 0.400. The van der Waals surface area contributed by atoms with Crippen LogP contribution in [-0.4, -0.2) is 59.1 Å². The van der Waals surface area contributed by atoms with E-state index in [4.69, 9.17) is 15.5 Å². The zero-order chi connectivity index (χ0) is 20.2. The van der Waals surface area contributed by atoms with Gasteiger partial charge in [-0.1, -0.05) is 0 Å². The smallest absolute Gasteiger partial charge is 0.233 e. The topological polar surface area (TPSA) is 122 Å². The second-order valence-electron chi connectivity index (χ2n) is 7.16. The van der Waals surface area contributed by atoms with Crippen molar-refractivity contribution in [2.24, 2.45) is 11.7 Å². The Morgan fingerprint density at radius 3 is 2.93 bits per heavy atom. The second kappa shape index (κ2) is 8.44. The Morgan fingerprint density at radius 1 is 1.34 bits per heavy atom. The number of H-pyrrole nitrogens is 1. The summed E-state index contributed by atoms with van der Waals surface area (Å²) in [5.41, 5.74) is 8.60. The van der Waals surface area contributed by atoms with Gasteiger partial charge in [0.2, 0.25) is 11.9 Å². The van der Waals surface area contributed by atoms with Crippen LogP contribution in [0.2, 0.25) is 0 Å². The van der Waals surface area contributed by atoms with Crippen LogP contribution in [0.15, 0.2) is 30.6 Å². The minimum atomic E-state index is -0.127. The lowest BCUT2D eigenvalue weighted by molar-refractivity contribution is -0.119. The number of benzene rings is 1. The van der Waals surface area contributed by atoms with Crippen LogP contribution in [0, 0.1) is 5.92 Å². The molecule has 1 aromatic carbocycles. The van der Waals surface area contributed by atoms with Gasteiger partial charge in [0.25, 0.3) is 0 Å². The van der Waals surface area contributed by atoms with Gasteiger partial charge in [0.15, 0.2) is 5.65 Å². The van der Waals surface area contributed by atoms with Crippen molar-refractivity contribution in [1.29, 1.82) is 0 Å². The third-order valence-electron chi connectivity index (χ3n) is 5.21. The van der Waals surface area contributed by atoms with Crippen LogP contribution in [0.3, 0.4) is 0 Å². The molecule has 0 aliphatic carbocycles. The van der Waals surface area contributed by atoms with Gasteiger partial charge in [-0.05, 0) is 43.0 Å². The molecule has 9 heteroatoms. The van der Waals surface area contributed by atoms with E-state index in [1.807, 2.05) is 24.3 Å². The Kier molecular flexibility index (Phi) is 5.57. The van der Waals surface area contributed by atoms with Crippen molar-refractivity contribution in [3.8, 4) is 17.0 Å². The fourth-order valence-electron chi connectivity index (χ4n) is 3.66. The summed E-state index contributed by atoms with van der Waals surface area (Å²) in [6.45, 7) is 2.28. The molecule has 0 spiro atoms. The van der Waals surface area contributed by atoms with Crippen LogP contribution < -0.4 is 20.7 Å². The number of methoxy groups -OCH3 is 1. The number of nitrogens with one attached hydrogen (secondary N) is 2. The van der Waals surface area contributed by atoms with Crippen molar-refractivity contribution in [2.45, 2.75) is 12.8 Å². The average Bonchev–Trinajstić information content (AvgIpc) is 3.26. The summed E-state index contributed by atoms with van der Waals surface area (Å²) in [7, 11) is 1.65. The summed E-state index contributed by atoms with van der Waals surface area (Å²) in [6.07, 6.45) is 3.71. The minimum absolute atomic E-state index is 0.0145. The summed E-state index contributed by atoms with van der Waals surface area (Å²) in [4.78, 5) is 30.7. The summed E-state index contributed by atoms with van der Waals surface area (Å²) < 4.78 is 5.26. The standard InChI is InChI=1S/C20H25N7O2/c1-29-15-6-4-14(5-7-15)17-18-19(24-12-23-18)26-20(25-17)27-8-2-3-13(11-27)10-22-16(28)9-21/h4-7,12-13H,2-3,8-11,21H2,1H3,(H,22,28)(H,23,24,25,26). The lowest BCUT2D eigenvalue weighted by atomic mass is 9.98. The Labute approximate surface area is 168 Å². The van der Waals surface area contributed by atoms with Gasteiger partial charge < -0.3 is 25.7 Å². The van der Waals surface area contributed by atoms with E-state index in [1.54, 1.807) is 13.4 Å². The molecule has 1 atom stereocenters. The third kappa shape index (κ3) is 4.14. The Hall–Kier alpha value is -3.20. The number of imidazole rings is 1. The number of carbonyl (C=O) groups is 1. The van der Waals surface area contributed by atoms with Crippen LogP contribution >= 0.6 is 0 Å². The van der Waals surface area contributed by atoms with Gasteiger partial charge in [-0.3, -0.25) is 4.79 Å². The molecule has 4 rings (SSSR count). The summed E-state index contributed by atoms with van der Waals surface area (Å²) >= 11 is 0. The second-order valence-corrected chi connectivity index (χ2v) is 7.16.